The van der Waals surface area contributed by atoms with Gasteiger partial charge in [-0.3, -0.25) is 10.1 Å². The molecule has 0 fully saturated rings. The van der Waals surface area contributed by atoms with Gasteiger partial charge >= 0.3 is 0 Å². The van der Waals surface area contributed by atoms with Gasteiger partial charge in [-0.1, -0.05) is 45.0 Å². The second kappa shape index (κ2) is 9.27. The first-order valence-electron chi connectivity index (χ1n) is 8.48. The van der Waals surface area contributed by atoms with E-state index in [1.807, 2.05) is 24.3 Å². The fraction of sp³-hybridized carbons (Fsp3) is 0.474. The van der Waals surface area contributed by atoms with Gasteiger partial charge in [0.2, 0.25) is 0 Å². The van der Waals surface area contributed by atoms with E-state index in [1.165, 1.54) is 0 Å². The van der Waals surface area contributed by atoms with Crippen molar-refractivity contribution in [2.75, 3.05) is 6.61 Å². The molecule has 0 aliphatic heterocycles. The number of nitrogens with one attached hydrogen (secondary N) is 2. The Balaban J connectivity index is 2.61. The van der Waals surface area contributed by atoms with Crippen molar-refractivity contribution in [1.82, 2.24) is 10.6 Å². The average Bonchev–Trinajstić information content (AvgIpc) is 2.52. The van der Waals surface area contributed by atoms with Crippen LogP contribution in [-0.4, -0.2) is 32.0 Å². The Hall–Kier alpha value is -1.50. The number of rotatable bonds is 7. The van der Waals surface area contributed by atoms with Crippen LogP contribution in [0.1, 0.15) is 37.6 Å². The van der Waals surface area contributed by atoms with Crippen LogP contribution in [-0.2, 0) is 4.43 Å². The van der Waals surface area contributed by atoms with Crippen LogP contribution >= 0.6 is 12.2 Å². The Labute approximate surface area is 158 Å². The molecule has 1 aromatic carbocycles. The summed E-state index contributed by atoms with van der Waals surface area (Å²) in [5, 5.41) is 6.34. The van der Waals surface area contributed by atoms with E-state index in [9.17, 15) is 4.79 Å². The van der Waals surface area contributed by atoms with Crippen molar-refractivity contribution in [3.63, 3.8) is 0 Å². The van der Waals surface area contributed by atoms with E-state index in [0.717, 1.165) is 0 Å². The number of thiocarbonyl (C=S) groups is 1. The standard InChI is InChI=1S/C19H30N2O2SSi/c1-7-11-16(14-23-25(5,6)19(2,3)4)20-18(24)21-17(22)15-12-9-8-10-13-15/h7-10,12-13,16H,1,11,14H2,2-6H3,(H2,20,21,22,24). The summed E-state index contributed by atoms with van der Waals surface area (Å²) in [5.41, 5.74) is 0.574. The van der Waals surface area contributed by atoms with Gasteiger partial charge in [-0.25, -0.2) is 0 Å². The van der Waals surface area contributed by atoms with Crippen LogP contribution in [0, 0.1) is 0 Å². The van der Waals surface area contributed by atoms with E-state index in [0.29, 0.717) is 23.7 Å². The summed E-state index contributed by atoms with van der Waals surface area (Å²) < 4.78 is 6.26. The van der Waals surface area contributed by atoms with Gasteiger partial charge in [0.25, 0.3) is 5.91 Å². The number of carbonyl (C=O) groups is 1. The van der Waals surface area contributed by atoms with Gasteiger partial charge in [0.05, 0.1) is 12.6 Å². The van der Waals surface area contributed by atoms with Crippen molar-refractivity contribution in [2.24, 2.45) is 0 Å². The van der Waals surface area contributed by atoms with Crippen molar-refractivity contribution in [2.45, 2.75) is 51.4 Å². The molecular weight excluding hydrogens is 348 g/mol. The third-order valence-electron chi connectivity index (χ3n) is 4.50. The molecule has 0 saturated heterocycles. The van der Waals surface area contributed by atoms with Crippen LogP contribution in [0.5, 0.6) is 0 Å². The third kappa shape index (κ3) is 7.10. The van der Waals surface area contributed by atoms with Crippen molar-refractivity contribution in [3.8, 4) is 0 Å². The number of benzene rings is 1. The van der Waals surface area contributed by atoms with Crippen LogP contribution in [0.4, 0.5) is 0 Å². The molecule has 0 aliphatic rings. The first kappa shape index (κ1) is 21.5. The minimum Gasteiger partial charge on any atom is -0.415 e. The van der Waals surface area contributed by atoms with Crippen molar-refractivity contribution in [1.29, 1.82) is 0 Å². The summed E-state index contributed by atoms with van der Waals surface area (Å²) in [5.74, 6) is -0.222. The molecule has 0 spiro atoms. The lowest BCUT2D eigenvalue weighted by Gasteiger charge is -2.37. The van der Waals surface area contributed by atoms with Crippen LogP contribution < -0.4 is 10.6 Å². The third-order valence-corrected chi connectivity index (χ3v) is 9.22. The quantitative estimate of drug-likeness (QED) is 0.423. The van der Waals surface area contributed by atoms with Gasteiger partial charge in [-0.2, -0.15) is 0 Å². The molecule has 1 amide bonds. The van der Waals surface area contributed by atoms with Crippen molar-refractivity contribution >= 4 is 31.6 Å². The lowest BCUT2D eigenvalue weighted by Crippen LogP contribution is -2.49. The normalized spacial score (nSPS) is 13.0. The monoisotopic (exact) mass is 378 g/mol. The molecule has 6 heteroatoms. The number of hydrogen-bond donors (Lipinski definition) is 2. The Morgan fingerprint density at radius 2 is 1.92 bits per heavy atom. The number of amides is 1. The maximum absolute atomic E-state index is 12.2. The topological polar surface area (TPSA) is 50.4 Å². The molecule has 0 radical (unpaired) electrons. The molecule has 1 aromatic rings. The maximum Gasteiger partial charge on any atom is 0.257 e. The highest BCUT2D eigenvalue weighted by molar-refractivity contribution is 7.80. The van der Waals surface area contributed by atoms with Gasteiger partial charge in [0, 0.05) is 5.56 Å². The molecule has 25 heavy (non-hydrogen) atoms. The lowest BCUT2D eigenvalue weighted by atomic mass is 10.2. The zero-order valence-corrected chi connectivity index (χ0v) is 17.7. The summed E-state index contributed by atoms with van der Waals surface area (Å²) in [6.45, 7) is 15.4. The van der Waals surface area contributed by atoms with Crippen molar-refractivity contribution in [3.05, 3.63) is 48.6 Å². The Morgan fingerprint density at radius 3 is 2.44 bits per heavy atom. The Kier molecular flexibility index (Phi) is 7.98. The molecule has 1 atom stereocenters. The molecule has 0 aliphatic carbocycles. The number of carbonyl (C=O) groups excluding carboxylic acids is 1. The molecule has 0 aromatic heterocycles. The van der Waals surface area contributed by atoms with E-state index in [1.54, 1.807) is 12.1 Å². The second-order valence-corrected chi connectivity index (χ2v) is 12.8. The molecule has 2 N–H and O–H groups in total. The van der Waals surface area contributed by atoms with E-state index in [4.69, 9.17) is 16.6 Å². The molecule has 0 heterocycles. The Morgan fingerprint density at radius 1 is 1.32 bits per heavy atom. The largest absolute Gasteiger partial charge is 0.415 e. The second-order valence-electron chi connectivity index (χ2n) is 7.59. The van der Waals surface area contributed by atoms with E-state index in [-0.39, 0.29) is 17.0 Å². The summed E-state index contributed by atoms with van der Waals surface area (Å²) >= 11 is 5.28. The van der Waals surface area contributed by atoms with E-state index in [2.05, 4.69) is 51.1 Å². The van der Waals surface area contributed by atoms with Gasteiger partial charge in [0.15, 0.2) is 13.4 Å². The predicted octanol–water partition coefficient (Wildman–Crippen LogP) is 4.26. The van der Waals surface area contributed by atoms with Crippen molar-refractivity contribution < 1.29 is 9.22 Å². The number of hydrogen-bond acceptors (Lipinski definition) is 3. The fourth-order valence-corrected chi connectivity index (χ4v) is 3.19. The minimum absolute atomic E-state index is 0.0183. The smallest absolute Gasteiger partial charge is 0.257 e. The molecular formula is C19H30N2O2SSi. The van der Waals surface area contributed by atoms with Crippen LogP contribution in [0.2, 0.25) is 18.1 Å². The van der Waals surface area contributed by atoms with Crippen LogP contribution in [0.3, 0.4) is 0 Å². The zero-order chi connectivity index (χ0) is 19.1. The predicted molar refractivity (Wildman–Crippen MR) is 111 cm³/mol. The minimum atomic E-state index is -1.84. The Bertz CT molecular complexity index is 597. The first-order valence-corrected chi connectivity index (χ1v) is 11.8. The molecule has 0 bridgehead atoms. The molecule has 4 nitrogen and oxygen atoms in total. The molecule has 0 saturated carbocycles. The van der Waals surface area contributed by atoms with Crippen LogP contribution in [0.15, 0.2) is 43.0 Å². The fourth-order valence-electron chi connectivity index (χ4n) is 1.88. The van der Waals surface area contributed by atoms with Gasteiger partial charge in [-0.05, 0) is 48.9 Å². The van der Waals surface area contributed by atoms with E-state index < -0.39 is 8.32 Å². The molecule has 1 unspecified atom stereocenters. The summed E-state index contributed by atoms with van der Waals surface area (Å²) in [6.07, 6.45) is 2.53. The highest BCUT2D eigenvalue weighted by Gasteiger charge is 2.37. The summed E-state index contributed by atoms with van der Waals surface area (Å²) in [6, 6.07) is 8.98. The summed E-state index contributed by atoms with van der Waals surface area (Å²) in [4.78, 5) is 12.2. The first-order chi connectivity index (χ1) is 11.6. The molecule has 1 rings (SSSR count). The molecule has 138 valence electrons. The van der Waals surface area contributed by atoms with Gasteiger partial charge < -0.3 is 9.74 Å². The highest BCUT2D eigenvalue weighted by Crippen LogP contribution is 2.36. The van der Waals surface area contributed by atoms with Crippen LogP contribution in [0.25, 0.3) is 0 Å². The zero-order valence-electron chi connectivity index (χ0n) is 15.9. The average molecular weight is 379 g/mol. The van der Waals surface area contributed by atoms with Gasteiger partial charge in [0.1, 0.15) is 0 Å². The maximum atomic E-state index is 12.2. The van der Waals surface area contributed by atoms with E-state index >= 15 is 0 Å². The lowest BCUT2D eigenvalue weighted by molar-refractivity contribution is 0.0976. The highest BCUT2D eigenvalue weighted by atomic mass is 32.1. The van der Waals surface area contributed by atoms with Gasteiger partial charge in [-0.15, -0.1) is 6.58 Å². The SMILES string of the molecule is C=CCC(CO[Si](C)(C)C(C)(C)C)NC(=S)NC(=O)c1ccccc1. The summed E-state index contributed by atoms with van der Waals surface area (Å²) in [7, 11) is -1.84.